The molecular weight excluding hydrogens is 300 g/mol. The zero-order valence-corrected chi connectivity index (χ0v) is 14.1. The van der Waals surface area contributed by atoms with Crippen LogP contribution in [0.1, 0.15) is 27.2 Å². The number of hydrogen-bond donors (Lipinski definition) is 1. The highest BCUT2D eigenvalue weighted by molar-refractivity contribution is 6.00. The number of amides is 1. The molecule has 1 aromatic heterocycles. The topological polar surface area (TPSA) is 51.1 Å². The first-order valence-electron chi connectivity index (χ1n) is 7.90. The quantitative estimate of drug-likeness (QED) is 0.738. The normalized spacial score (nSPS) is 10.8. The molecule has 122 valence electrons. The molecule has 0 atom stereocenters. The number of fused-ring (bicyclic) bond motifs is 1. The van der Waals surface area contributed by atoms with Crippen molar-refractivity contribution in [1.82, 2.24) is 4.57 Å². The highest BCUT2D eigenvalue weighted by atomic mass is 16.2. The lowest BCUT2D eigenvalue weighted by atomic mass is 10.1. The molecule has 0 aliphatic rings. The predicted octanol–water partition coefficient (Wildman–Crippen LogP) is 4.02. The summed E-state index contributed by atoms with van der Waals surface area (Å²) >= 11 is 0. The summed E-state index contributed by atoms with van der Waals surface area (Å²) in [5.74, 6) is -0.110. The molecule has 0 aliphatic carbocycles. The molecular formula is C20H20N2O2. The van der Waals surface area contributed by atoms with E-state index >= 15 is 0 Å². The van der Waals surface area contributed by atoms with Crippen LogP contribution in [0.3, 0.4) is 0 Å². The Morgan fingerprint density at radius 1 is 1.08 bits per heavy atom. The lowest BCUT2D eigenvalue weighted by Gasteiger charge is -2.11. The Labute approximate surface area is 141 Å². The number of carbonyl (C=O) groups is 2. The monoisotopic (exact) mass is 320 g/mol. The van der Waals surface area contributed by atoms with Gasteiger partial charge < -0.3 is 9.88 Å². The molecule has 24 heavy (non-hydrogen) atoms. The van der Waals surface area contributed by atoms with Gasteiger partial charge in [0.05, 0.1) is 0 Å². The van der Waals surface area contributed by atoms with Crippen LogP contribution < -0.4 is 5.32 Å². The average Bonchev–Trinajstić information content (AvgIpc) is 2.78. The molecule has 0 bridgehead atoms. The summed E-state index contributed by atoms with van der Waals surface area (Å²) in [5.41, 5.74) is 5.36. The smallest absolute Gasteiger partial charge is 0.244 e. The summed E-state index contributed by atoms with van der Waals surface area (Å²) in [4.78, 5) is 23.9. The number of carbonyl (C=O) groups excluding carboxylic acids is 2. The fourth-order valence-electron chi connectivity index (χ4n) is 3.20. The third-order valence-electron chi connectivity index (χ3n) is 4.20. The number of anilines is 1. The number of rotatable bonds is 4. The van der Waals surface area contributed by atoms with Crippen LogP contribution in [0.5, 0.6) is 0 Å². The molecule has 0 unspecified atom stereocenters. The maximum absolute atomic E-state index is 12.5. The van der Waals surface area contributed by atoms with Crippen molar-refractivity contribution in [3.8, 4) is 0 Å². The summed E-state index contributed by atoms with van der Waals surface area (Å²) in [5, 5.41) is 3.82. The van der Waals surface area contributed by atoms with Crippen LogP contribution in [-0.2, 0) is 11.3 Å². The number of nitrogens with zero attached hydrogens (tertiary/aromatic N) is 1. The van der Waals surface area contributed by atoms with Crippen molar-refractivity contribution in [1.29, 1.82) is 0 Å². The summed E-state index contributed by atoms with van der Waals surface area (Å²) in [6.07, 6.45) is 0.857. The van der Waals surface area contributed by atoms with E-state index in [1.807, 2.05) is 61.7 Å². The van der Waals surface area contributed by atoms with Crippen LogP contribution in [0, 0.1) is 20.8 Å². The van der Waals surface area contributed by atoms with Crippen LogP contribution in [0.25, 0.3) is 10.9 Å². The molecule has 1 heterocycles. The Bertz CT molecular complexity index is 918. The zero-order valence-electron chi connectivity index (χ0n) is 14.1. The van der Waals surface area contributed by atoms with Gasteiger partial charge >= 0.3 is 0 Å². The molecule has 0 radical (unpaired) electrons. The van der Waals surface area contributed by atoms with E-state index in [0.29, 0.717) is 5.56 Å². The third kappa shape index (κ3) is 2.95. The van der Waals surface area contributed by atoms with Crippen LogP contribution in [0.15, 0.2) is 42.5 Å². The van der Waals surface area contributed by atoms with Crippen LogP contribution in [-0.4, -0.2) is 16.8 Å². The minimum Gasteiger partial charge on any atom is -0.335 e. The molecule has 1 amide bonds. The summed E-state index contributed by atoms with van der Waals surface area (Å²) < 4.78 is 1.89. The molecule has 1 N–H and O–H groups in total. The predicted molar refractivity (Wildman–Crippen MR) is 96.6 cm³/mol. The Morgan fingerprint density at radius 3 is 2.42 bits per heavy atom. The molecule has 3 aromatic rings. The first-order chi connectivity index (χ1) is 11.5. The number of aromatic nitrogens is 1. The third-order valence-corrected chi connectivity index (χ3v) is 4.20. The van der Waals surface area contributed by atoms with Crippen molar-refractivity contribution in [3.05, 3.63) is 64.8 Å². The Hall–Kier alpha value is -2.88. The van der Waals surface area contributed by atoms with Gasteiger partial charge in [-0.3, -0.25) is 9.59 Å². The van der Waals surface area contributed by atoms with Gasteiger partial charge in [-0.25, -0.2) is 0 Å². The number of nitrogens with one attached hydrogen (secondary N) is 1. The SMILES string of the molecule is Cc1cc(C)cc(NC(=O)Cn2c(C)c(C=O)c3ccccc32)c1. The van der Waals surface area contributed by atoms with Crippen LogP contribution >= 0.6 is 0 Å². The number of aryl methyl sites for hydroxylation is 2. The number of benzene rings is 2. The van der Waals surface area contributed by atoms with Crippen LogP contribution in [0.2, 0.25) is 0 Å². The van der Waals surface area contributed by atoms with E-state index < -0.39 is 0 Å². The Morgan fingerprint density at radius 2 is 1.75 bits per heavy atom. The molecule has 0 fully saturated rings. The van der Waals surface area contributed by atoms with E-state index in [0.717, 1.165) is 39.7 Å². The first-order valence-corrected chi connectivity index (χ1v) is 7.90. The second-order valence-corrected chi connectivity index (χ2v) is 6.14. The van der Waals surface area contributed by atoms with E-state index in [4.69, 9.17) is 0 Å². The minimum absolute atomic E-state index is 0.110. The van der Waals surface area contributed by atoms with Gasteiger partial charge in [-0.1, -0.05) is 24.3 Å². The van der Waals surface area contributed by atoms with Gasteiger partial charge in [-0.2, -0.15) is 0 Å². The first kappa shape index (κ1) is 16.0. The fraction of sp³-hybridized carbons (Fsp3) is 0.200. The Balaban J connectivity index is 1.91. The van der Waals surface area contributed by atoms with Gasteiger partial charge in [0.25, 0.3) is 0 Å². The number of aldehydes is 1. The number of para-hydroxylation sites is 1. The van der Waals surface area contributed by atoms with Gasteiger partial charge in [-0.05, 0) is 50.1 Å². The average molecular weight is 320 g/mol. The maximum atomic E-state index is 12.5. The largest absolute Gasteiger partial charge is 0.335 e. The molecule has 3 rings (SSSR count). The molecule has 0 saturated carbocycles. The highest BCUT2D eigenvalue weighted by Crippen LogP contribution is 2.24. The van der Waals surface area contributed by atoms with Gasteiger partial charge in [-0.15, -0.1) is 0 Å². The van der Waals surface area contributed by atoms with E-state index in [1.165, 1.54) is 0 Å². The van der Waals surface area contributed by atoms with E-state index in [-0.39, 0.29) is 12.5 Å². The maximum Gasteiger partial charge on any atom is 0.244 e. The van der Waals surface area contributed by atoms with Crippen LogP contribution in [0.4, 0.5) is 5.69 Å². The molecule has 2 aromatic carbocycles. The molecule has 4 nitrogen and oxygen atoms in total. The van der Waals surface area contributed by atoms with Crippen molar-refractivity contribution < 1.29 is 9.59 Å². The van der Waals surface area contributed by atoms with Gasteiger partial charge in [0.15, 0.2) is 6.29 Å². The summed E-state index contributed by atoms with van der Waals surface area (Å²) in [6, 6.07) is 13.6. The second-order valence-electron chi connectivity index (χ2n) is 6.14. The zero-order chi connectivity index (χ0) is 17.3. The minimum atomic E-state index is -0.110. The fourth-order valence-corrected chi connectivity index (χ4v) is 3.20. The molecule has 0 saturated heterocycles. The van der Waals surface area contributed by atoms with Gasteiger partial charge in [0, 0.05) is 27.8 Å². The van der Waals surface area contributed by atoms with Crippen molar-refractivity contribution in [2.24, 2.45) is 0 Å². The van der Waals surface area contributed by atoms with E-state index in [1.54, 1.807) is 0 Å². The van der Waals surface area contributed by atoms with Gasteiger partial charge in [0.2, 0.25) is 5.91 Å². The molecule has 0 spiro atoms. The van der Waals surface area contributed by atoms with E-state index in [9.17, 15) is 9.59 Å². The Kier molecular flexibility index (Phi) is 4.21. The lowest BCUT2D eigenvalue weighted by Crippen LogP contribution is -2.19. The van der Waals surface area contributed by atoms with Crippen molar-refractivity contribution in [2.75, 3.05) is 5.32 Å². The number of hydrogen-bond acceptors (Lipinski definition) is 2. The lowest BCUT2D eigenvalue weighted by molar-refractivity contribution is -0.116. The summed E-state index contributed by atoms with van der Waals surface area (Å²) in [6.45, 7) is 6.05. The van der Waals surface area contributed by atoms with E-state index in [2.05, 4.69) is 11.4 Å². The molecule has 4 heteroatoms. The standard InChI is InChI=1S/C20H20N2O2/c1-13-8-14(2)10-16(9-13)21-20(24)11-22-15(3)18(12-23)17-6-4-5-7-19(17)22/h4-10,12H,11H2,1-3H3,(H,21,24). The molecule has 0 aliphatic heterocycles. The highest BCUT2D eigenvalue weighted by Gasteiger charge is 2.15. The second kappa shape index (κ2) is 6.32. The van der Waals surface area contributed by atoms with Crippen molar-refractivity contribution in [3.63, 3.8) is 0 Å². The summed E-state index contributed by atoms with van der Waals surface area (Å²) in [7, 11) is 0. The van der Waals surface area contributed by atoms with Crippen molar-refractivity contribution >= 4 is 28.8 Å². The van der Waals surface area contributed by atoms with Gasteiger partial charge in [0.1, 0.15) is 6.54 Å². The van der Waals surface area contributed by atoms with Crippen molar-refractivity contribution in [2.45, 2.75) is 27.3 Å².